The first-order valence-electron chi connectivity index (χ1n) is 4.74. The van der Waals surface area contributed by atoms with E-state index >= 15 is 0 Å². The van der Waals surface area contributed by atoms with Crippen molar-refractivity contribution in [2.24, 2.45) is 17.7 Å². The summed E-state index contributed by atoms with van der Waals surface area (Å²) in [5.74, 6) is 5.86. The number of hydrogen-bond donors (Lipinski definition) is 2. The fourth-order valence-corrected chi connectivity index (χ4v) is 2.00. The maximum absolute atomic E-state index is 11.1. The van der Waals surface area contributed by atoms with Crippen LogP contribution in [0.5, 0.6) is 0 Å². The number of hydrogen-bond acceptors (Lipinski definition) is 2. The molecule has 0 saturated heterocycles. The van der Waals surface area contributed by atoms with Crippen molar-refractivity contribution in [3.05, 3.63) is 0 Å². The van der Waals surface area contributed by atoms with Gasteiger partial charge in [0.1, 0.15) is 0 Å². The number of carbonyl (C=O) groups is 1. The van der Waals surface area contributed by atoms with Crippen molar-refractivity contribution in [1.29, 1.82) is 0 Å². The van der Waals surface area contributed by atoms with E-state index in [0.717, 1.165) is 12.3 Å². The van der Waals surface area contributed by atoms with Crippen LogP contribution in [0.3, 0.4) is 0 Å². The zero-order valence-electron chi connectivity index (χ0n) is 7.68. The maximum atomic E-state index is 11.1. The molecule has 0 aromatic rings. The lowest BCUT2D eigenvalue weighted by atomic mass is 9.94. The van der Waals surface area contributed by atoms with Crippen molar-refractivity contribution < 1.29 is 4.79 Å². The molecule has 0 bridgehead atoms. The van der Waals surface area contributed by atoms with Gasteiger partial charge >= 0.3 is 0 Å². The summed E-state index contributed by atoms with van der Waals surface area (Å²) in [7, 11) is 0. The van der Waals surface area contributed by atoms with Crippen molar-refractivity contribution in [3.8, 4) is 0 Å². The summed E-state index contributed by atoms with van der Waals surface area (Å²) in [6, 6.07) is 0. The largest absolute Gasteiger partial charge is 0.294 e. The van der Waals surface area contributed by atoms with E-state index in [0.29, 0.717) is 0 Å². The summed E-state index contributed by atoms with van der Waals surface area (Å²) in [6.45, 7) is 1.94. The normalized spacial score (nSPS) is 20.8. The number of nitrogens with one attached hydrogen (secondary N) is 1. The molecule has 1 amide bonds. The van der Waals surface area contributed by atoms with Gasteiger partial charge in [-0.25, -0.2) is 5.84 Å². The second-order valence-corrected chi connectivity index (χ2v) is 3.80. The predicted octanol–water partition coefficient (Wildman–Crippen LogP) is 1.19. The van der Waals surface area contributed by atoms with E-state index in [1.54, 1.807) is 0 Å². The van der Waals surface area contributed by atoms with Gasteiger partial charge in [0.15, 0.2) is 0 Å². The van der Waals surface area contributed by atoms with Gasteiger partial charge in [-0.1, -0.05) is 32.6 Å². The molecule has 0 spiro atoms. The molecular formula is C9H18N2O. The fourth-order valence-electron chi connectivity index (χ4n) is 2.00. The summed E-state index contributed by atoms with van der Waals surface area (Å²) in [5.41, 5.74) is 2.20. The number of hydrazine groups is 1. The Balaban J connectivity index is 2.24. The summed E-state index contributed by atoms with van der Waals surface area (Å²) < 4.78 is 0. The minimum absolute atomic E-state index is 0.0260. The molecule has 1 fully saturated rings. The molecule has 0 aromatic carbocycles. The quantitative estimate of drug-likeness (QED) is 0.380. The molecule has 3 heteroatoms. The van der Waals surface area contributed by atoms with Gasteiger partial charge in [0.2, 0.25) is 5.91 Å². The van der Waals surface area contributed by atoms with Crippen LogP contribution in [0.15, 0.2) is 0 Å². The Hall–Kier alpha value is -0.570. The van der Waals surface area contributed by atoms with Crippen molar-refractivity contribution in [2.75, 3.05) is 0 Å². The first-order valence-corrected chi connectivity index (χ1v) is 4.74. The van der Waals surface area contributed by atoms with Crippen molar-refractivity contribution in [3.63, 3.8) is 0 Å². The van der Waals surface area contributed by atoms with Crippen LogP contribution in [0.2, 0.25) is 0 Å². The highest BCUT2D eigenvalue weighted by molar-refractivity contribution is 5.77. The number of carbonyl (C=O) groups excluding carboxylic acids is 1. The molecule has 12 heavy (non-hydrogen) atoms. The van der Waals surface area contributed by atoms with Crippen molar-refractivity contribution in [2.45, 2.75) is 39.0 Å². The summed E-state index contributed by atoms with van der Waals surface area (Å²) in [6.07, 6.45) is 6.26. The lowest BCUT2D eigenvalue weighted by Crippen LogP contribution is -2.35. The topological polar surface area (TPSA) is 55.1 Å². The SMILES string of the molecule is CC(CC1CCCC1)C(=O)NN. The molecule has 1 aliphatic rings. The van der Waals surface area contributed by atoms with E-state index < -0.39 is 0 Å². The fraction of sp³-hybridized carbons (Fsp3) is 0.889. The molecule has 1 rings (SSSR count). The molecule has 3 N–H and O–H groups in total. The molecule has 0 aromatic heterocycles. The van der Waals surface area contributed by atoms with Crippen LogP contribution in [0.1, 0.15) is 39.0 Å². The van der Waals surface area contributed by atoms with E-state index in [2.05, 4.69) is 5.43 Å². The number of rotatable bonds is 3. The lowest BCUT2D eigenvalue weighted by Gasteiger charge is -2.13. The van der Waals surface area contributed by atoms with Gasteiger partial charge < -0.3 is 0 Å². The zero-order valence-corrected chi connectivity index (χ0v) is 7.68. The third kappa shape index (κ3) is 2.48. The standard InChI is InChI=1S/C9H18N2O/c1-7(9(12)11-10)6-8-4-2-3-5-8/h7-8H,2-6,10H2,1H3,(H,11,12). The Bertz CT molecular complexity index is 153. The highest BCUT2D eigenvalue weighted by Gasteiger charge is 2.20. The molecule has 0 radical (unpaired) electrons. The first-order chi connectivity index (χ1) is 5.74. The number of nitrogens with two attached hydrogens (primary N) is 1. The van der Waals surface area contributed by atoms with Crippen LogP contribution >= 0.6 is 0 Å². The third-order valence-corrected chi connectivity index (χ3v) is 2.75. The minimum atomic E-state index is -0.0260. The van der Waals surface area contributed by atoms with Gasteiger partial charge in [-0.3, -0.25) is 10.2 Å². The smallest absolute Gasteiger partial charge is 0.236 e. The minimum Gasteiger partial charge on any atom is -0.294 e. The molecule has 1 atom stereocenters. The lowest BCUT2D eigenvalue weighted by molar-refractivity contribution is -0.125. The molecule has 70 valence electrons. The van der Waals surface area contributed by atoms with Gasteiger partial charge in [-0.15, -0.1) is 0 Å². The van der Waals surface area contributed by atoms with Crippen molar-refractivity contribution >= 4 is 5.91 Å². The molecule has 1 saturated carbocycles. The molecule has 0 aliphatic heterocycles. The summed E-state index contributed by atoms with van der Waals surface area (Å²) >= 11 is 0. The van der Waals surface area contributed by atoms with Gasteiger partial charge in [-0.05, 0) is 12.3 Å². The highest BCUT2D eigenvalue weighted by Crippen LogP contribution is 2.30. The van der Waals surface area contributed by atoms with Crippen LogP contribution < -0.4 is 11.3 Å². The molecule has 0 heterocycles. The van der Waals surface area contributed by atoms with E-state index in [-0.39, 0.29) is 11.8 Å². The first kappa shape index (κ1) is 9.52. The third-order valence-electron chi connectivity index (χ3n) is 2.75. The Morgan fingerprint density at radius 1 is 1.58 bits per heavy atom. The summed E-state index contributed by atoms with van der Waals surface area (Å²) in [4.78, 5) is 11.1. The Labute approximate surface area is 73.7 Å². The second-order valence-electron chi connectivity index (χ2n) is 3.80. The van der Waals surface area contributed by atoms with Crippen LogP contribution in [-0.2, 0) is 4.79 Å². The van der Waals surface area contributed by atoms with Crippen LogP contribution in [0.4, 0.5) is 0 Å². The maximum Gasteiger partial charge on any atom is 0.236 e. The predicted molar refractivity (Wildman–Crippen MR) is 48.1 cm³/mol. The average Bonchev–Trinajstić information content (AvgIpc) is 2.55. The van der Waals surface area contributed by atoms with E-state index in [1.165, 1.54) is 25.7 Å². The van der Waals surface area contributed by atoms with E-state index in [1.807, 2.05) is 6.92 Å². The number of amides is 1. The highest BCUT2D eigenvalue weighted by atomic mass is 16.2. The van der Waals surface area contributed by atoms with Gasteiger partial charge in [0, 0.05) is 5.92 Å². The van der Waals surface area contributed by atoms with E-state index in [9.17, 15) is 4.79 Å². The Morgan fingerprint density at radius 2 is 2.17 bits per heavy atom. The van der Waals surface area contributed by atoms with Gasteiger partial charge in [-0.2, -0.15) is 0 Å². The van der Waals surface area contributed by atoms with Gasteiger partial charge in [0.25, 0.3) is 0 Å². The summed E-state index contributed by atoms with van der Waals surface area (Å²) in [5, 5.41) is 0. The molecule has 1 aliphatic carbocycles. The van der Waals surface area contributed by atoms with E-state index in [4.69, 9.17) is 5.84 Å². The molecule has 3 nitrogen and oxygen atoms in total. The average molecular weight is 170 g/mol. The zero-order chi connectivity index (χ0) is 8.97. The Morgan fingerprint density at radius 3 is 2.67 bits per heavy atom. The molecule has 1 unspecified atom stereocenters. The van der Waals surface area contributed by atoms with Crippen LogP contribution in [0.25, 0.3) is 0 Å². The monoisotopic (exact) mass is 170 g/mol. The van der Waals surface area contributed by atoms with Crippen LogP contribution in [0, 0.1) is 11.8 Å². The second kappa shape index (κ2) is 4.45. The molecular weight excluding hydrogens is 152 g/mol. The van der Waals surface area contributed by atoms with Crippen molar-refractivity contribution in [1.82, 2.24) is 5.43 Å². The Kier molecular flexibility index (Phi) is 3.53. The van der Waals surface area contributed by atoms with Crippen LogP contribution in [-0.4, -0.2) is 5.91 Å². The van der Waals surface area contributed by atoms with Gasteiger partial charge in [0.05, 0.1) is 0 Å².